The topological polar surface area (TPSA) is 55.1 Å². The molecule has 0 aromatic rings. The van der Waals surface area contributed by atoms with Gasteiger partial charge in [-0.2, -0.15) is 0 Å². The van der Waals surface area contributed by atoms with Gasteiger partial charge in [-0.15, -0.1) is 0 Å². The lowest BCUT2D eigenvalue weighted by Gasteiger charge is -2.26. The van der Waals surface area contributed by atoms with Gasteiger partial charge in [-0.1, -0.05) is 0 Å². The van der Waals surface area contributed by atoms with E-state index in [-0.39, 0.29) is 5.91 Å². The first-order valence-electron chi connectivity index (χ1n) is 4.21. The minimum absolute atomic E-state index is 0.0745. The summed E-state index contributed by atoms with van der Waals surface area (Å²) in [5, 5.41) is 2.91. The molecular weight excluding hydrogens is 140 g/mol. The van der Waals surface area contributed by atoms with Gasteiger partial charge in [-0.05, 0) is 25.7 Å². The third-order valence-electron chi connectivity index (χ3n) is 2.18. The molecule has 3 heteroatoms. The van der Waals surface area contributed by atoms with E-state index in [0.29, 0.717) is 12.1 Å². The molecule has 0 unspecified atom stereocenters. The molecule has 0 aromatic heterocycles. The summed E-state index contributed by atoms with van der Waals surface area (Å²) in [5.41, 5.74) is 5.72. The maximum Gasteiger partial charge on any atom is 0.217 e. The molecule has 1 fully saturated rings. The second kappa shape index (κ2) is 3.72. The van der Waals surface area contributed by atoms with Crippen LogP contribution in [0.2, 0.25) is 0 Å². The van der Waals surface area contributed by atoms with E-state index in [1.807, 2.05) is 0 Å². The summed E-state index contributed by atoms with van der Waals surface area (Å²) in [6, 6.07) is 0.743. The fraction of sp³-hybridized carbons (Fsp3) is 0.875. The Morgan fingerprint density at radius 2 is 1.91 bits per heavy atom. The smallest absolute Gasteiger partial charge is 0.217 e. The van der Waals surface area contributed by atoms with Crippen LogP contribution in [0.4, 0.5) is 0 Å². The molecule has 3 N–H and O–H groups in total. The number of amides is 1. The van der Waals surface area contributed by atoms with Gasteiger partial charge in [0.2, 0.25) is 5.91 Å². The highest BCUT2D eigenvalue weighted by molar-refractivity contribution is 5.73. The van der Waals surface area contributed by atoms with Crippen LogP contribution < -0.4 is 11.1 Å². The van der Waals surface area contributed by atoms with Crippen molar-refractivity contribution in [1.82, 2.24) is 5.32 Å². The molecular formula is C8H16N2O. The van der Waals surface area contributed by atoms with E-state index < -0.39 is 0 Å². The van der Waals surface area contributed by atoms with E-state index in [1.165, 1.54) is 0 Å². The summed E-state index contributed by atoms with van der Waals surface area (Å²) >= 11 is 0. The van der Waals surface area contributed by atoms with Crippen LogP contribution in [0.3, 0.4) is 0 Å². The monoisotopic (exact) mass is 156 g/mol. The average molecular weight is 156 g/mol. The second-order valence-corrected chi connectivity index (χ2v) is 3.31. The molecule has 0 aromatic carbocycles. The van der Waals surface area contributed by atoms with Gasteiger partial charge in [0.15, 0.2) is 0 Å². The Labute approximate surface area is 67.3 Å². The van der Waals surface area contributed by atoms with E-state index in [1.54, 1.807) is 6.92 Å². The van der Waals surface area contributed by atoms with E-state index in [9.17, 15) is 4.79 Å². The third kappa shape index (κ3) is 2.89. The highest BCUT2D eigenvalue weighted by atomic mass is 16.1. The lowest BCUT2D eigenvalue weighted by Crippen LogP contribution is -2.39. The van der Waals surface area contributed by atoms with Gasteiger partial charge in [0.25, 0.3) is 0 Å². The molecule has 11 heavy (non-hydrogen) atoms. The van der Waals surface area contributed by atoms with Crippen molar-refractivity contribution in [2.24, 2.45) is 5.73 Å². The summed E-state index contributed by atoms with van der Waals surface area (Å²) < 4.78 is 0. The molecule has 0 aliphatic heterocycles. The molecule has 1 saturated carbocycles. The highest BCUT2D eigenvalue weighted by Crippen LogP contribution is 2.16. The van der Waals surface area contributed by atoms with Gasteiger partial charge < -0.3 is 11.1 Å². The summed E-state index contributed by atoms with van der Waals surface area (Å²) in [7, 11) is 0. The number of rotatable bonds is 1. The van der Waals surface area contributed by atoms with Crippen molar-refractivity contribution in [2.75, 3.05) is 0 Å². The zero-order chi connectivity index (χ0) is 8.27. The molecule has 0 saturated heterocycles. The van der Waals surface area contributed by atoms with Crippen molar-refractivity contribution in [2.45, 2.75) is 44.7 Å². The Hall–Kier alpha value is -0.570. The summed E-state index contributed by atoms with van der Waals surface area (Å²) in [6.45, 7) is 1.56. The normalized spacial score (nSPS) is 31.5. The van der Waals surface area contributed by atoms with Crippen molar-refractivity contribution in [1.29, 1.82) is 0 Å². The van der Waals surface area contributed by atoms with Crippen molar-refractivity contribution >= 4 is 5.91 Å². The maximum absolute atomic E-state index is 10.7. The zero-order valence-corrected chi connectivity index (χ0v) is 6.97. The van der Waals surface area contributed by atoms with Gasteiger partial charge >= 0.3 is 0 Å². The van der Waals surface area contributed by atoms with Crippen LogP contribution in [-0.4, -0.2) is 18.0 Å². The van der Waals surface area contributed by atoms with Crippen molar-refractivity contribution in [3.8, 4) is 0 Å². The van der Waals surface area contributed by atoms with Crippen LogP contribution in [0.15, 0.2) is 0 Å². The molecule has 0 heterocycles. The van der Waals surface area contributed by atoms with E-state index in [2.05, 4.69) is 5.32 Å². The van der Waals surface area contributed by atoms with E-state index in [4.69, 9.17) is 5.73 Å². The van der Waals surface area contributed by atoms with Gasteiger partial charge in [-0.3, -0.25) is 4.79 Å². The van der Waals surface area contributed by atoms with Crippen LogP contribution in [0, 0.1) is 0 Å². The van der Waals surface area contributed by atoms with Gasteiger partial charge in [-0.25, -0.2) is 0 Å². The first-order chi connectivity index (χ1) is 5.18. The fourth-order valence-corrected chi connectivity index (χ4v) is 1.55. The Kier molecular flexibility index (Phi) is 2.88. The highest BCUT2D eigenvalue weighted by Gasteiger charge is 2.18. The van der Waals surface area contributed by atoms with Gasteiger partial charge in [0.1, 0.15) is 0 Å². The van der Waals surface area contributed by atoms with Crippen molar-refractivity contribution in [3.63, 3.8) is 0 Å². The average Bonchev–Trinajstić information content (AvgIpc) is 1.93. The Morgan fingerprint density at radius 3 is 2.36 bits per heavy atom. The first-order valence-corrected chi connectivity index (χ1v) is 4.21. The number of nitrogens with one attached hydrogen (secondary N) is 1. The molecule has 0 atom stereocenters. The van der Waals surface area contributed by atoms with Crippen LogP contribution in [0.25, 0.3) is 0 Å². The lowest BCUT2D eigenvalue weighted by molar-refractivity contribution is -0.119. The molecule has 1 aliphatic carbocycles. The molecule has 1 aliphatic rings. The van der Waals surface area contributed by atoms with E-state index >= 15 is 0 Å². The predicted octanol–water partition coefficient (Wildman–Crippen LogP) is 0.392. The van der Waals surface area contributed by atoms with Crippen LogP contribution in [0.1, 0.15) is 32.6 Å². The van der Waals surface area contributed by atoms with Gasteiger partial charge in [0.05, 0.1) is 0 Å². The second-order valence-electron chi connectivity index (χ2n) is 3.31. The van der Waals surface area contributed by atoms with Gasteiger partial charge in [0, 0.05) is 19.0 Å². The van der Waals surface area contributed by atoms with Crippen LogP contribution >= 0.6 is 0 Å². The molecule has 0 spiro atoms. The number of carbonyl (C=O) groups excluding carboxylic acids is 1. The summed E-state index contributed by atoms with van der Waals surface area (Å²) in [6.07, 6.45) is 4.18. The minimum atomic E-state index is 0.0745. The number of hydrogen-bond acceptors (Lipinski definition) is 2. The predicted molar refractivity (Wildman–Crippen MR) is 44.0 cm³/mol. The number of carbonyl (C=O) groups is 1. The molecule has 1 amide bonds. The molecule has 0 bridgehead atoms. The maximum atomic E-state index is 10.7. The third-order valence-corrected chi connectivity index (χ3v) is 2.18. The fourth-order valence-electron chi connectivity index (χ4n) is 1.55. The number of nitrogens with two attached hydrogens (primary N) is 1. The molecule has 3 nitrogen and oxygen atoms in total. The summed E-state index contributed by atoms with van der Waals surface area (Å²) in [4.78, 5) is 10.7. The Morgan fingerprint density at radius 1 is 1.36 bits per heavy atom. The lowest BCUT2D eigenvalue weighted by atomic mass is 9.92. The first kappa shape index (κ1) is 8.53. The Bertz CT molecular complexity index is 139. The van der Waals surface area contributed by atoms with Crippen LogP contribution in [-0.2, 0) is 4.79 Å². The Balaban J connectivity index is 2.22. The number of hydrogen-bond donors (Lipinski definition) is 2. The standard InChI is InChI=1S/C8H16N2O/c1-6(11)10-8-4-2-7(9)3-5-8/h7-8H,2-5,9H2,1H3,(H,10,11)/t7-,8+. The quantitative estimate of drug-likeness (QED) is 0.577. The zero-order valence-electron chi connectivity index (χ0n) is 6.97. The summed E-state index contributed by atoms with van der Waals surface area (Å²) in [5.74, 6) is 0.0745. The molecule has 64 valence electrons. The van der Waals surface area contributed by atoms with Crippen LogP contribution in [0.5, 0.6) is 0 Å². The minimum Gasteiger partial charge on any atom is -0.354 e. The molecule has 0 radical (unpaired) electrons. The SMILES string of the molecule is CC(=O)N[C@H]1CC[C@@H](N)CC1. The molecule has 1 rings (SSSR count). The largest absolute Gasteiger partial charge is 0.354 e. The van der Waals surface area contributed by atoms with Crippen molar-refractivity contribution < 1.29 is 4.79 Å². The van der Waals surface area contributed by atoms with Crippen molar-refractivity contribution in [3.05, 3.63) is 0 Å². The van der Waals surface area contributed by atoms with E-state index in [0.717, 1.165) is 25.7 Å².